The molecule has 0 N–H and O–H groups in total. The van der Waals surface area contributed by atoms with E-state index in [0.717, 1.165) is 17.9 Å². The first-order valence-electron chi connectivity index (χ1n) is 5.80. The van der Waals surface area contributed by atoms with Crippen LogP contribution in [0.3, 0.4) is 0 Å². The first kappa shape index (κ1) is 12.0. The van der Waals surface area contributed by atoms with E-state index in [1.54, 1.807) is 11.8 Å². The van der Waals surface area contributed by atoms with Crippen LogP contribution in [0.1, 0.15) is 25.3 Å². The number of benzene rings is 1. The Hall–Kier alpha value is -1.42. The second kappa shape index (κ2) is 6.35. The molecule has 0 aliphatic heterocycles. The molecule has 2 aromatic rings. The number of hydrogen-bond donors (Lipinski definition) is 0. The van der Waals surface area contributed by atoms with Crippen molar-refractivity contribution in [2.24, 2.45) is 0 Å². The summed E-state index contributed by atoms with van der Waals surface area (Å²) in [4.78, 5) is 1.19. The third-order valence-corrected chi connectivity index (χ3v) is 3.48. The summed E-state index contributed by atoms with van der Waals surface area (Å²) in [7, 11) is 0. The molecule has 0 spiro atoms. The minimum absolute atomic E-state index is 0.972. The molecule has 0 amide bonds. The zero-order valence-corrected chi connectivity index (χ0v) is 10.7. The fraction of sp³-hybridized carbons (Fsp3) is 0.308. The summed E-state index contributed by atoms with van der Waals surface area (Å²) in [5, 5.41) is 12.7. The summed E-state index contributed by atoms with van der Waals surface area (Å²) < 4.78 is 0. The first-order valence-corrected chi connectivity index (χ1v) is 6.62. The summed E-state index contributed by atoms with van der Waals surface area (Å²) in [6, 6.07) is 10.2. The molecular weight excluding hydrogens is 230 g/mol. The molecule has 3 nitrogen and oxygen atoms in total. The van der Waals surface area contributed by atoms with Crippen LogP contribution in [0.2, 0.25) is 0 Å². The largest absolute Gasteiger partial charge is 0.138 e. The number of rotatable bonds is 5. The molecule has 4 heteroatoms. The predicted octanol–water partition coefficient (Wildman–Crippen LogP) is 3.37. The van der Waals surface area contributed by atoms with Gasteiger partial charge in [-0.1, -0.05) is 43.3 Å². The summed E-state index contributed by atoms with van der Waals surface area (Å²) in [5.41, 5.74) is 1.19. The maximum atomic E-state index is 4.13. The lowest BCUT2D eigenvalue weighted by Crippen LogP contribution is -1.96. The van der Waals surface area contributed by atoms with Gasteiger partial charge in [-0.25, -0.2) is 0 Å². The molecule has 0 atom stereocenters. The maximum absolute atomic E-state index is 4.13. The highest BCUT2D eigenvalue weighted by atomic mass is 32.2. The monoisotopic (exact) mass is 245 g/mol. The van der Waals surface area contributed by atoms with E-state index in [0.29, 0.717) is 0 Å². The third-order valence-electron chi connectivity index (χ3n) is 2.43. The van der Waals surface area contributed by atoms with Crippen molar-refractivity contribution in [3.8, 4) is 0 Å². The van der Waals surface area contributed by atoms with Crippen LogP contribution in [0.25, 0.3) is 0 Å². The van der Waals surface area contributed by atoms with Crippen LogP contribution in [0.4, 0.5) is 0 Å². The molecule has 1 heterocycles. The topological polar surface area (TPSA) is 38.7 Å². The molecular formula is C13H15N3S. The van der Waals surface area contributed by atoms with Crippen molar-refractivity contribution in [2.75, 3.05) is 0 Å². The number of aromatic nitrogens is 3. The molecule has 1 aromatic carbocycles. The normalized spacial score (nSPS) is 10.4. The molecule has 17 heavy (non-hydrogen) atoms. The molecule has 88 valence electrons. The standard InChI is InChI=1S/C13H15N3S/c1-2-3-7-11-10-14-16-15-13(11)17-12-8-5-4-6-9-12/h4-6,8-10H,2-3,7H2,1H3. The lowest BCUT2D eigenvalue weighted by Gasteiger charge is -2.05. The highest BCUT2D eigenvalue weighted by Gasteiger charge is 2.06. The Kier molecular flexibility index (Phi) is 4.50. The molecule has 0 aliphatic carbocycles. The van der Waals surface area contributed by atoms with Crippen molar-refractivity contribution in [1.29, 1.82) is 0 Å². The van der Waals surface area contributed by atoms with Crippen molar-refractivity contribution in [1.82, 2.24) is 15.4 Å². The van der Waals surface area contributed by atoms with E-state index >= 15 is 0 Å². The van der Waals surface area contributed by atoms with Gasteiger partial charge in [-0.3, -0.25) is 0 Å². The quantitative estimate of drug-likeness (QED) is 0.809. The van der Waals surface area contributed by atoms with Gasteiger partial charge in [-0.15, -0.1) is 10.2 Å². The summed E-state index contributed by atoms with van der Waals surface area (Å²) in [6.45, 7) is 2.19. The Morgan fingerprint density at radius 3 is 2.76 bits per heavy atom. The molecule has 0 saturated carbocycles. The lowest BCUT2D eigenvalue weighted by molar-refractivity contribution is 0.724. The number of unbranched alkanes of at least 4 members (excludes halogenated alkanes) is 1. The molecule has 0 saturated heterocycles. The van der Waals surface area contributed by atoms with E-state index in [1.807, 2.05) is 24.4 Å². The lowest BCUT2D eigenvalue weighted by atomic mass is 10.2. The van der Waals surface area contributed by atoms with E-state index in [1.165, 1.54) is 16.9 Å². The van der Waals surface area contributed by atoms with Crippen LogP contribution in [-0.2, 0) is 6.42 Å². The molecule has 0 unspecified atom stereocenters. The van der Waals surface area contributed by atoms with Gasteiger partial charge in [0.25, 0.3) is 0 Å². The van der Waals surface area contributed by atoms with E-state index in [9.17, 15) is 0 Å². The maximum Gasteiger partial charge on any atom is 0.130 e. The summed E-state index contributed by atoms with van der Waals surface area (Å²) in [5.74, 6) is 0. The molecule has 2 rings (SSSR count). The Balaban J connectivity index is 2.15. The fourth-order valence-electron chi connectivity index (χ4n) is 1.51. The van der Waals surface area contributed by atoms with Gasteiger partial charge >= 0.3 is 0 Å². The van der Waals surface area contributed by atoms with Crippen molar-refractivity contribution in [3.63, 3.8) is 0 Å². The number of nitrogens with zero attached hydrogens (tertiary/aromatic N) is 3. The van der Waals surface area contributed by atoms with Crippen LogP contribution >= 0.6 is 11.8 Å². The molecule has 0 fully saturated rings. The van der Waals surface area contributed by atoms with Crippen LogP contribution in [-0.4, -0.2) is 15.4 Å². The van der Waals surface area contributed by atoms with E-state index in [2.05, 4.69) is 34.5 Å². The van der Waals surface area contributed by atoms with Gasteiger partial charge < -0.3 is 0 Å². The van der Waals surface area contributed by atoms with E-state index < -0.39 is 0 Å². The molecule has 0 bridgehead atoms. The van der Waals surface area contributed by atoms with Gasteiger partial charge in [0.05, 0.1) is 6.20 Å². The average molecular weight is 245 g/mol. The smallest absolute Gasteiger partial charge is 0.130 e. The number of hydrogen-bond acceptors (Lipinski definition) is 4. The fourth-order valence-corrected chi connectivity index (χ4v) is 2.39. The van der Waals surface area contributed by atoms with E-state index in [4.69, 9.17) is 0 Å². The Bertz CT molecular complexity index is 459. The van der Waals surface area contributed by atoms with Crippen LogP contribution in [0.15, 0.2) is 46.5 Å². The van der Waals surface area contributed by atoms with E-state index in [-0.39, 0.29) is 0 Å². The van der Waals surface area contributed by atoms with Gasteiger partial charge in [0, 0.05) is 10.5 Å². The van der Waals surface area contributed by atoms with Crippen molar-refractivity contribution < 1.29 is 0 Å². The van der Waals surface area contributed by atoms with Crippen LogP contribution < -0.4 is 0 Å². The SMILES string of the molecule is CCCCc1cnnnc1Sc1ccccc1. The number of aryl methyl sites for hydroxylation is 1. The predicted molar refractivity (Wildman–Crippen MR) is 69.0 cm³/mol. The van der Waals surface area contributed by atoms with Gasteiger partial charge in [0.2, 0.25) is 0 Å². The van der Waals surface area contributed by atoms with Crippen LogP contribution in [0.5, 0.6) is 0 Å². The third kappa shape index (κ3) is 3.53. The van der Waals surface area contributed by atoms with Crippen molar-refractivity contribution in [2.45, 2.75) is 36.1 Å². The average Bonchev–Trinajstić information content (AvgIpc) is 2.39. The van der Waals surface area contributed by atoms with Crippen molar-refractivity contribution in [3.05, 3.63) is 42.1 Å². The second-order valence-electron chi connectivity index (χ2n) is 3.78. The molecule has 1 aromatic heterocycles. The first-order chi connectivity index (χ1) is 8.40. The van der Waals surface area contributed by atoms with Gasteiger partial charge in [-0.2, -0.15) is 0 Å². The van der Waals surface area contributed by atoms with Gasteiger partial charge in [0.1, 0.15) is 5.03 Å². The molecule has 0 radical (unpaired) electrons. The summed E-state index contributed by atoms with van der Waals surface area (Å²) >= 11 is 1.65. The second-order valence-corrected chi connectivity index (χ2v) is 4.85. The van der Waals surface area contributed by atoms with Gasteiger partial charge in [0.15, 0.2) is 0 Å². The molecule has 0 aliphatic rings. The highest BCUT2D eigenvalue weighted by Crippen LogP contribution is 2.28. The zero-order valence-electron chi connectivity index (χ0n) is 9.84. The minimum Gasteiger partial charge on any atom is -0.138 e. The van der Waals surface area contributed by atoms with Gasteiger partial charge in [-0.05, 0) is 30.2 Å². The Morgan fingerprint density at radius 2 is 2.00 bits per heavy atom. The van der Waals surface area contributed by atoms with Crippen molar-refractivity contribution >= 4 is 11.8 Å². The Morgan fingerprint density at radius 1 is 1.18 bits per heavy atom. The Labute approximate surface area is 106 Å². The summed E-state index contributed by atoms with van der Waals surface area (Å²) in [6.07, 6.45) is 5.19. The van der Waals surface area contributed by atoms with Crippen LogP contribution in [0, 0.1) is 0 Å². The highest BCUT2D eigenvalue weighted by molar-refractivity contribution is 7.99. The minimum atomic E-state index is 0.972. The zero-order chi connectivity index (χ0) is 11.9.